The van der Waals surface area contributed by atoms with Crippen LogP contribution in [0.5, 0.6) is 0 Å². The van der Waals surface area contributed by atoms with Gasteiger partial charge < -0.3 is 5.11 Å². The molecule has 0 amide bonds. The van der Waals surface area contributed by atoms with E-state index < -0.39 is 21.9 Å². The Balaban J connectivity index is 3.35. The van der Waals surface area contributed by atoms with Crippen LogP contribution in [0.25, 0.3) is 0 Å². The Morgan fingerprint density at radius 2 is 1.95 bits per heavy atom. The monoisotopic (exact) mass is 310 g/mol. The van der Waals surface area contributed by atoms with Crippen LogP contribution in [0.15, 0.2) is 17.0 Å². The zero-order valence-corrected chi connectivity index (χ0v) is 13.2. The molecule has 1 rings (SSSR count). The van der Waals surface area contributed by atoms with Crippen molar-refractivity contribution < 1.29 is 18.3 Å². The van der Waals surface area contributed by atoms with E-state index in [1.807, 2.05) is 6.07 Å². The van der Waals surface area contributed by atoms with Crippen molar-refractivity contribution in [3.63, 3.8) is 0 Å². The molecule has 0 aliphatic rings. The fourth-order valence-electron chi connectivity index (χ4n) is 2.03. The third-order valence-electron chi connectivity index (χ3n) is 3.19. The van der Waals surface area contributed by atoms with Gasteiger partial charge in [0.2, 0.25) is 10.0 Å². The van der Waals surface area contributed by atoms with Crippen molar-refractivity contribution in [3.8, 4) is 6.07 Å². The van der Waals surface area contributed by atoms with Gasteiger partial charge in [-0.15, -0.1) is 0 Å². The van der Waals surface area contributed by atoms with Crippen molar-refractivity contribution >= 4 is 16.0 Å². The Morgan fingerprint density at radius 1 is 1.38 bits per heavy atom. The molecule has 0 saturated carbocycles. The number of carboxylic acid groups (broad SMARTS) is 1. The lowest BCUT2D eigenvalue weighted by Gasteiger charge is -2.20. The van der Waals surface area contributed by atoms with Gasteiger partial charge in [-0.25, -0.2) is 13.2 Å². The average molecular weight is 310 g/mol. The summed E-state index contributed by atoms with van der Waals surface area (Å²) in [6.45, 7) is 4.91. The quantitative estimate of drug-likeness (QED) is 0.893. The van der Waals surface area contributed by atoms with E-state index in [4.69, 9.17) is 10.4 Å². The van der Waals surface area contributed by atoms with E-state index in [0.717, 1.165) is 4.31 Å². The maximum atomic E-state index is 12.5. The van der Waals surface area contributed by atoms with Crippen molar-refractivity contribution in [1.82, 2.24) is 4.31 Å². The van der Waals surface area contributed by atoms with Crippen LogP contribution in [0, 0.1) is 31.1 Å². The molecule has 1 aromatic rings. The standard InChI is InChI=1S/C14H18N2O4S/c1-9(7-15)8-16(4)21(19,20)13-6-12(14(17)18)10(2)5-11(13)3/h5-6,9H,8H2,1-4H3,(H,17,18). The largest absolute Gasteiger partial charge is 0.478 e. The lowest BCUT2D eigenvalue weighted by atomic mass is 10.1. The highest BCUT2D eigenvalue weighted by atomic mass is 32.2. The first-order valence-corrected chi connectivity index (χ1v) is 7.75. The van der Waals surface area contributed by atoms with Gasteiger partial charge in [-0.05, 0) is 38.0 Å². The van der Waals surface area contributed by atoms with Gasteiger partial charge in [-0.2, -0.15) is 9.57 Å². The van der Waals surface area contributed by atoms with Crippen LogP contribution < -0.4 is 0 Å². The van der Waals surface area contributed by atoms with Gasteiger partial charge in [0, 0.05) is 13.6 Å². The third-order valence-corrected chi connectivity index (χ3v) is 5.16. The number of rotatable bonds is 5. The molecule has 21 heavy (non-hydrogen) atoms. The first-order valence-electron chi connectivity index (χ1n) is 6.31. The van der Waals surface area contributed by atoms with Gasteiger partial charge in [-0.3, -0.25) is 0 Å². The minimum absolute atomic E-state index is 0.0408. The number of hydrogen-bond acceptors (Lipinski definition) is 4. The molecule has 7 heteroatoms. The highest BCUT2D eigenvalue weighted by Crippen LogP contribution is 2.23. The number of carbonyl (C=O) groups is 1. The molecule has 1 unspecified atom stereocenters. The van der Waals surface area contributed by atoms with Crippen LogP contribution >= 0.6 is 0 Å². The molecule has 0 aromatic heterocycles. The summed E-state index contributed by atoms with van der Waals surface area (Å²) >= 11 is 0. The molecule has 0 fully saturated rings. The van der Waals surface area contributed by atoms with Gasteiger partial charge in [0.15, 0.2) is 0 Å². The third kappa shape index (κ3) is 3.60. The van der Waals surface area contributed by atoms with Crippen LogP contribution in [0.1, 0.15) is 28.4 Å². The van der Waals surface area contributed by atoms with Crippen molar-refractivity contribution in [3.05, 3.63) is 28.8 Å². The molecule has 0 bridgehead atoms. The maximum Gasteiger partial charge on any atom is 0.335 e. The Morgan fingerprint density at radius 3 is 2.43 bits per heavy atom. The minimum Gasteiger partial charge on any atom is -0.478 e. The normalized spacial score (nSPS) is 13.0. The lowest BCUT2D eigenvalue weighted by Crippen LogP contribution is -2.31. The predicted molar refractivity (Wildman–Crippen MR) is 77.5 cm³/mol. The van der Waals surface area contributed by atoms with Crippen LogP contribution in [0.3, 0.4) is 0 Å². The summed E-state index contributed by atoms with van der Waals surface area (Å²) in [5.41, 5.74) is 0.946. The Hall–Kier alpha value is -1.91. The summed E-state index contributed by atoms with van der Waals surface area (Å²) in [6.07, 6.45) is 0. The number of hydrogen-bond donors (Lipinski definition) is 1. The highest BCUT2D eigenvalue weighted by molar-refractivity contribution is 7.89. The van der Waals surface area contributed by atoms with Gasteiger partial charge in [0.25, 0.3) is 0 Å². The van der Waals surface area contributed by atoms with Gasteiger partial charge in [0.05, 0.1) is 22.4 Å². The predicted octanol–water partition coefficient (Wildman–Crippen LogP) is 1.78. The number of nitrogens with zero attached hydrogens (tertiary/aromatic N) is 2. The molecule has 0 radical (unpaired) electrons. The second kappa shape index (κ2) is 6.24. The molecule has 0 spiro atoms. The van der Waals surface area contributed by atoms with Gasteiger partial charge >= 0.3 is 5.97 Å². The second-order valence-electron chi connectivity index (χ2n) is 5.05. The molecule has 114 valence electrons. The first-order chi connectivity index (χ1) is 9.61. The van der Waals surface area contributed by atoms with Crippen LogP contribution in [-0.4, -0.2) is 37.4 Å². The number of benzene rings is 1. The Kier molecular flexibility index (Phi) is 5.10. The summed E-state index contributed by atoms with van der Waals surface area (Å²) in [7, 11) is -2.45. The van der Waals surface area contributed by atoms with E-state index in [9.17, 15) is 13.2 Å². The summed E-state index contributed by atoms with van der Waals surface area (Å²) in [5.74, 6) is -1.62. The van der Waals surface area contributed by atoms with E-state index in [1.54, 1.807) is 20.8 Å². The Labute approximate surface area is 124 Å². The smallest absolute Gasteiger partial charge is 0.335 e. The van der Waals surface area contributed by atoms with E-state index in [1.165, 1.54) is 19.2 Å². The van der Waals surface area contributed by atoms with E-state index in [0.29, 0.717) is 11.1 Å². The number of carboxylic acids is 1. The molecular formula is C14H18N2O4S. The summed E-state index contributed by atoms with van der Waals surface area (Å²) in [4.78, 5) is 11.1. The Bertz CT molecular complexity index is 704. The van der Waals surface area contributed by atoms with E-state index in [2.05, 4.69) is 0 Å². The summed E-state index contributed by atoms with van der Waals surface area (Å²) in [5, 5.41) is 17.9. The second-order valence-corrected chi connectivity index (χ2v) is 7.07. The van der Waals surface area contributed by atoms with Crippen molar-refractivity contribution in [2.45, 2.75) is 25.7 Å². The topological polar surface area (TPSA) is 98.5 Å². The molecule has 1 aromatic carbocycles. The van der Waals surface area contributed by atoms with Crippen LogP contribution in [0.4, 0.5) is 0 Å². The zero-order chi connectivity index (χ0) is 16.4. The van der Waals surface area contributed by atoms with E-state index >= 15 is 0 Å². The molecule has 0 heterocycles. The maximum absolute atomic E-state index is 12.5. The number of aromatic carboxylic acids is 1. The van der Waals surface area contributed by atoms with Crippen molar-refractivity contribution in [2.75, 3.05) is 13.6 Å². The summed E-state index contributed by atoms with van der Waals surface area (Å²) < 4.78 is 26.1. The highest BCUT2D eigenvalue weighted by Gasteiger charge is 2.26. The molecule has 0 aliphatic carbocycles. The molecule has 1 N–H and O–H groups in total. The fourth-order valence-corrected chi connectivity index (χ4v) is 3.52. The van der Waals surface area contributed by atoms with Crippen molar-refractivity contribution in [2.24, 2.45) is 5.92 Å². The average Bonchev–Trinajstić information content (AvgIpc) is 2.37. The minimum atomic E-state index is -3.83. The molecule has 1 atom stereocenters. The van der Waals surface area contributed by atoms with Crippen LogP contribution in [0.2, 0.25) is 0 Å². The number of aryl methyl sites for hydroxylation is 2. The molecule has 0 aliphatic heterocycles. The number of sulfonamides is 1. The van der Waals surface area contributed by atoms with Gasteiger partial charge in [0.1, 0.15) is 0 Å². The lowest BCUT2D eigenvalue weighted by molar-refractivity contribution is 0.0696. The fraction of sp³-hybridized carbons (Fsp3) is 0.429. The molecule has 6 nitrogen and oxygen atoms in total. The number of nitriles is 1. The molecular weight excluding hydrogens is 292 g/mol. The SMILES string of the molecule is Cc1cc(C)c(S(=O)(=O)N(C)CC(C)C#N)cc1C(=O)O. The van der Waals surface area contributed by atoms with Crippen molar-refractivity contribution in [1.29, 1.82) is 5.26 Å². The first kappa shape index (κ1) is 17.1. The summed E-state index contributed by atoms with van der Waals surface area (Å²) in [6, 6.07) is 4.69. The molecule has 0 saturated heterocycles. The van der Waals surface area contributed by atoms with Crippen LogP contribution in [-0.2, 0) is 10.0 Å². The zero-order valence-electron chi connectivity index (χ0n) is 12.4. The van der Waals surface area contributed by atoms with Gasteiger partial charge in [-0.1, -0.05) is 6.07 Å². The van der Waals surface area contributed by atoms with E-state index in [-0.39, 0.29) is 17.0 Å².